The Kier molecular flexibility index (Phi) is 4.32. The fourth-order valence-corrected chi connectivity index (χ4v) is 4.28. The van der Waals surface area contributed by atoms with Gasteiger partial charge in [-0.2, -0.15) is 0 Å². The second kappa shape index (κ2) is 7.12. The van der Waals surface area contributed by atoms with Gasteiger partial charge in [0, 0.05) is 54.7 Å². The number of carbonyl (C=O) groups excluding carboxylic acids is 1. The number of nitrogens with one attached hydrogen (secondary N) is 1. The van der Waals surface area contributed by atoms with E-state index in [1.165, 1.54) is 0 Å². The van der Waals surface area contributed by atoms with Gasteiger partial charge >= 0.3 is 0 Å². The normalized spacial score (nSPS) is 16.3. The number of para-hydroxylation sites is 1. The zero-order valence-electron chi connectivity index (χ0n) is 15.1. The molecule has 1 aliphatic rings. The van der Waals surface area contributed by atoms with E-state index in [0.29, 0.717) is 25.2 Å². The Labute approximate surface area is 165 Å². The number of thiazole rings is 1. The van der Waals surface area contributed by atoms with E-state index in [4.69, 9.17) is 4.98 Å². The Balaban J connectivity index is 1.49. The van der Waals surface area contributed by atoms with Crippen molar-refractivity contribution in [1.29, 1.82) is 0 Å². The molecule has 0 saturated heterocycles. The number of rotatable bonds is 4. The zero-order chi connectivity index (χ0) is 18.9. The Bertz CT molecular complexity index is 1120. The third-order valence-corrected chi connectivity index (χ3v) is 5.87. The van der Waals surface area contributed by atoms with Crippen LogP contribution in [-0.4, -0.2) is 42.3 Å². The minimum Gasteiger partial charge on any atom is -0.348 e. The van der Waals surface area contributed by atoms with E-state index in [1.807, 2.05) is 40.7 Å². The van der Waals surface area contributed by atoms with Gasteiger partial charge in [0.25, 0.3) is 0 Å². The van der Waals surface area contributed by atoms with Crippen molar-refractivity contribution in [3.05, 3.63) is 70.6 Å². The van der Waals surface area contributed by atoms with Crippen LogP contribution in [0.2, 0.25) is 0 Å². The van der Waals surface area contributed by atoms with Gasteiger partial charge < -0.3 is 9.88 Å². The molecule has 0 bridgehead atoms. The number of aryl methyl sites for hydroxylation is 1. The lowest BCUT2D eigenvalue weighted by Crippen LogP contribution is -2.41. The van der Waals surface area contributed by atoms with Gasteiger partial charge in [-0.15, -0.1) is 11.3 Å². The molecule has 8 heteroatoms. The summed E-state index contributed by atoms with van der Waals surface area (Å²) in [6.45, 7) is 0.618. The van der Waals surface area contributed by atoms with Crippen LogP contribution in [0.4, 0.5) is 0 Å². The van der Waals surface area contributed by atoms with Crippen LogP contribution in [0.25, 0.3) is 10.9 Å². The van der Waals surface area contributed by atoms with E-state index in [2.05, 4.69) is 19.9 Å². The molecule has 5 rings (SSSR count). The molecule has 1 N–H and O–H groups in total. The first kappa shape index (κ1) is 17.0. The highest BCUT2D eigenvalue weighted by atomic mass is 32.1. The number of fused-ring (bicyclic) bond motifs is 2. The van der Waals surface area contributed by atoms with E-state index in [9.17, 15) is 4.79 Å². The highest BCUT2D eigenvalue weighted by Gasteiger charge is 2.35. The number of hydrogen-bond acceptors (Lipinski definition) is 6. The van der Waals surface area contributed by atoms with Gasteiger partial charge in [-0.25, -0.2) is 19.9 Å². The highest BCUT2D eigenvalue weighted by molar-refractivity contribution is 7.09. The monoisotopic (exact) mass is 390 g/mol. The van der Waals surface area contributed by atoms with Gasteiger partial charge in [0.1, 0.15) is 6.04 Å². The standard InChI is InChI=1S/C20H18N6OS/c27-17(6-5-16-21-8-10-28-16)26-9-7-15-18(24-12-23-15)19(26)20-22-11-13-3-1-2-4-14(13)25-20/h1-4,8,10-12,19H,5-7,9H2,(H,23,24)/t19-/m1/s1. The van der Waals surface area contributed by atoms with Crippen molar-refractivity contribution >= 4 is 28.1 Å². The van der Waals surface area contributed by atoms with E-state index < -0.39 is 0 Å². The van der Waals surface area contributed by atoms with Crippen molar-refractivity contribution in [2.75, 3.05) is 6.54 Å². The second-order valence-corrected chi connectivity index (χ2v) is 7.70. The lowest BCUT2D eigenvalue weighted by Gasteiger charge is -2.34. The predicted octanol–water partition coefficient (Wildman–Crippen LogP) is 2.92. The van der Waals surface area contributed by atoms with Gasteiger partial charge in [-0.3, -0.25) is 4.79 Å². The van der Waals surface area contributed by atoms with Crippen molar-refractivity contribution in [2.45, 2.75) is 25.3 Å². The van der Waals surface area contributed by atoms with E-state index in [-0.39, 0.29) is 11.9 Å². The minimum atomic E-state index is -0.372. The fraction of sp³-hybridized carbons (Fsp3) is 0.250. The van der Waals surface area contributed by atoms with Crippen molar-refractivity contribution in [3.8, 4) is 0 Å². The molecular weight excluding hydrogens is 372 g/mol. The summed E-state index contributed by atoms with van der Waals surface area (Å²) >= 11 is 1.58. The number of imidazole rings is 1. The summed E-state index contributed by atoms with van der Waals surface area (Å²) in [6.07, 6.45) is 7.08. The number of H-pyrrole nitrogens is 1. The number of benzene rings is 1. The van der Waals surface area contributed by atoms with Crippen LogP contribution in [0, 0.1) is 0 Å². The molecule has 1 amide bonds. The highest BCUT2D eigenvalue weighted by Crippen LogP contribution is 2.32. The Morgan fingerprint density at radius 1 is 1.25 bits per heavy atom. The van der Waals surface area contributed by atoms with Crippen LogP contribution >= 0.6 is 11.3 Å². The number of nitrogens with zero attached hydrogens (tertiary/aromatic N) is 5. The largest absolute Gasteiger partial charge is 0.348 e. The number of hydrogen-bond donors (Lipinski definition) is 1. The number of amides is 1. The van der Waals surface area contributed by atoms with Crippen molar-refractivity contribution in [1.82, 2.24) is 29.8 Å². The average molecular weight is 390 g/mol. The van der Waals surface area contributed by atoms with Gasteiger partial charge in [-0.05, 0) is 6.07 Å². The lowest BCUT2D eigenvalue weighted by molar-refractivity contribution is -0.133. The summed E-state index contributed by atoms with van der Waals surface area (Å²) in [6, 6.07) is 7.49. The molecule has 4 heterocycles. The molecule has 0 fully saturated rings. The van der Waals surface area contributed by atoms with Gasteiger partial charge in [-0.1, -0.05) is 18.2 Å². The summed E-state index contributed by atoms with van der Waals surface area (Å²) in [7, 11) is 0. The Morgan fingerprint density at radius 3 is 3.07 bits per heavy atom. The summed E-state index contributed by atoms with van der Waals surface area (Å²) in [5, 5.41) is 3.89. The molecule has 3 aromatic heterocycles. The summed E-state index contributed by atoms with van der Waals surface area (Å²) in [5.41, 5.74) is 2.75. The molecule has 0 aliphatic carbocycles. The second-order valence-electron chi connectivity index (χ2n) is 6.72. The topological polar surface area (TPSA) is 87.7 Å². The molecule has 140 valence electrons. The van der Waals surface area contributed by atoms with Crippen molar-refractivity contribution in [3.63, 3.8) is 0 Å². The summed E-state index contributed by atoms with van der Waals surface area (Å²) in [4.78, 5) is 36.2. The van der Waals surface area contributed by atoms with Crippen LogP contribution < -0.4 is 0 Å². The first-order chi connectivity index (χ1) is 13.8. The quantitative estimate of drug-likeness (QED) is 0.579. The molecule has 7 nitrogen and oxygen atoms in total. The maximum absolute atomic E-state index is 13.1. The lowest BCUT2D eigenvalue weighted by atomic mass is 10.0. The smallest absolute Gasteiger partial charge is 0.223 e. The molecule has 0 unspecified atom stereocenters. The first-order valence-electron chi connectivity index (χ1n) is 9.21. The zero-order valence-corrected chi connectivity index (χ0v) is 15.9. The van der Waals surface area contributed by atoms with Crippen molar-refractivity contribution in [2.24, 2.45) is 0 Å². The van der Waals surface area contributed by atoms with Gasteiger partial charge in [0.05, 0.1) is 22.5 Å². The predicted molar refractivity (Wildman–Crippen MR) is 106 cm³/mol. The molecule has 0 radical (unpaired) electrons. The number of aromatic amines is 1. The number of carbonyl (C=O) groups is 1. The first-order valence-corrected chi connectivity index (χ1v) is 10.1. The van der Waals surface area contributed by atoms with Crippen LogP contribution in [-0.2, 0) is 17.6 Å². The SMILES string of the molecule is O=C(CCc1nccs1)N1CCc2[nH]cnc2[C@@H]1c1ncc2ccccc2n1. The summed E-state index contributed by atoms with van der Waals surface area (Å²) in [5.74, 6) is 0.681. The maximum atomic E-state index is 13.1. The number of aromatic nitrogens is 5. The van der Waals surface area contributed by atoms with E-state index in [0.717, 1.165) is 33.7 Å². The molecule has 4 aromatic rings. The van der Waals surface area contributed by atoms with Crippen LogP contribution in [0.3, 0.4) is 0 Å². The summed E-state index contributed by atoms with van der Waals surface area (Å²) < 4.78 is 0. The molecule has 1 aliphatic heterocycles. The molecule has 0 spiro atoms. The molecule has 1 aromatic carbocycles. The van der Waals surface area contributed by atoms with Gasteiger partial charge in [0.15, 0.2) is 5.82 Å². The Hall–Kier alpha value is -3.13. The van der Waals surface area contributed by atoms with Crippen molar-refractivity contribution < 1.29 is 4.79 Å². The van der Waals surface area contributed by atoms with Crippen LogP contribution in [0.15, 0.2) is 48.4 Å². The molecule has 1 atom stereocenters. The van der Waals surface area contributed by atoms with E-state index >= 15 is 0 Å². The molecule has 28 heavy (non-hydrogen) atoms. The molecular formula is C20H18N6OS. The third-order valence-electron chi connectivity index (χ3n) is 5.03. The third kappa shape index (κ3) is 3.05. The maximum Gasteiger partial charge on any atom is 0.223 e. The van der Waals surface area contributed by atoms with Gasteiger partial charge in [0.2, 0.25) is 5.91 Å². The average Bonchev–Trinajstić information content (AvgIpc) is 3.42. The van der Waals surface area contributed by atoms with Crippen LogP contribution in [0.1, 0.15) is 34.7 Å². The molecule has 0 saturated carbocycles. The van der Waals surface area contributed by atoms with Crippen LogP contribution in [0.5, 0.6) is 0 Å². The fourth-order valence-electron chi connectivity index (χ4n) is 3.66. The van der Waals surface area contributed by atoms with E-state index in [1.54, 1.807) is 23.9 Å². The minimum absolute atomic E-state index is 0.0746. The Morgan fingerprint density at radius 2 is 2.18 bits per heavy atom.